The van der Waals surface area contributed by atoms with Gasteiger partial charge < -0.3 is 4.42 Å². The maximum absolute atomic E-state index is 10.7. The fraction of sp³-hybridized carbons (Fsp3) is 0.250. The van der Waals surface area contributed by atoms with E-state index in [9.17, 15) is 4.79 Å². The number of fused-ring (bicyclic) bond motifs is 5. The molecule has 0 unspecified atom stereocenters. The molecule has 2 nitrogen and oxygen atoms in total. The lowest BCUT2D eigenvalue weighted by Gasteiger charge is -2.18. The quantitative estimate of drug-likeness (QED) is 0.339. The third-order valence-corrected chi connectivity index (χ3v) is 5.71. The lowest BCUT2D eigenvalue weighted by atomic mass is 9.86. The van der Waals surface area contributed by atoms with Crippen molar-refractivity contribution in [3.8, 4) is 0 Å². The van der Waals surface area contributed by atoms with Crippen LogP contribution in [-0.2, 0) is 12.8 Å². The van der Waals surface area contributed by atoms with E-state index in [-0.39, 0.29) is 5.63 Å². The SMILES string of the molecule is CCC/C=C\c1cccc(=O)o1.c1ccc2c(c1)ccc1c3c(ccc12)CCCC3. The van der Waals surface area contributed by atoms with Crippen LogP contribution in [0, 0.1) is 0 Å². The van der Waals surface area contributed by atoms with Gasteiger partial charge in [-0.15, -0.1) is 0 Å². The monoisotopic (exact) mass is 396 g/mol. The Morgan fingerprint density at radius 2 is 1.67 bits per heavy atom. The van der Waals surface area contributed by atoms with Gasteiger partial charge in [-0.25, -0.2) is 4.79 Å². The fourth-order valence-corrected chi connectivity index (χ4v) is 4.20. The zero-order valence-corrected chi connectivity index (χ0v) is 17.6. The van der Waals surface area contributed by atoms with Gasteiger partial charge in [0.25, 0.3) is 0 Å². The summed E-state index contributed by atoms with van der Waals surface area (Å²) >= 11 is 0. The first-order valence-electron chi connectivity index (χ1n) is 10.9. The van der Waals surface area contributed by atoms with Crippen LogP contribution in [0.25, 0.3) is 27.6 Å². The second kappa shape index (κ2) is 9.58. The van der Waals surface area contributed by atoms with Gasteiger partial charge >= 0.3 is 5.63 Å². The first-order chi connectivity index (χ1) is 14.8. The molecule has 0 aliphatic heterocycles. The summed E-state index contributed by atoms with van der Waals surface area (Å²) < 4.78 is 4.88. The van der Waals surface area contributed by atoms with Crippen molar-refractivity contribution in [1.82, 2.24) is 0 Å². The average Bonchev–Trinajstić information content (AvgIpc) is 2.79. The second-order valence-electron chi connectivity index (χ2n) is 7.83. The van der Waals surface area contributed by atoms with Crippen LogP contribution in [0.15, 0.2) is 82.0 Å². The highest BCUT2D eigenvalue weighted by Crippen LogP contribution is 2.33. The van der Waals surface area contributed by atoms with E-state index >= 15 is 0 Å². The van der Waals surface area contributed by atoms with Gasteiger partial charge in [0.15, 0.2) is 0 Å². The number of aryl methyl sites for hydroxylation is 2. The number of benzene rings is 3. The highest BCUT2D eigenvalue weighted by Gasteiger charge is 2.13. The van der Waals surface area contributed by atoms with E-state index in [1.54, 1.807) is 23.3 Å². The van der Waals surface area contributed by atoms with Crippen molar-refractivity contribution in [3.63, 3.8) is 0 Å². The molecule has 0 N–H and O–H groups in total. The zero-order valence-electron chi connectivity index (χ0n) is 17.6. The van der Waals surface area contributed by atoms with Crippen LogP contribution < -0.4 is 5.63 Å². The van der Waals surface area contributed by atoms with Crippen LogP contribution in [0.5, 0.6) is 0 Å². The minimum Gasteiger partial charge on any atom is -0.423 e. The predicted octanol–water partition coefficient (Wildman–Crippen LogP) is 7.32. The lowest BCUT2D eigenvalue weighted by Crippen LogP contribution is -2.02. The maximum Gasteiger partial charge on any atom is 0.336 e. The summed E-state index contributed by atoms with van der Waals surface area (Å²) in [7, 11) is 0. The Balaban J connectivity index is 0.000000159. The van der Waals surface area contributed by atoms with Crippen LogP contribution in [0.2, 0.25) is 0 Å². The summed E-state index contributed by atoms with van der Waals surface area (Å²) in [6, 6.07) is 22.8. The van der Waals surface area contributed by atoms with E-state index in [0.717, 1.165) is 12.8 Å². The van der Waals surface area contributed by atoms with Crippen molar-refractivity contribution in [2.75, 3.05) is 0 Å². The van der Waals surface area contributed by atoms with E-state index in [4.69, 9.17) is 4.42 Å². The minimum atomic E-state index is -0.298. The van der Waals surface area contributed by atoms with Crippen molar-refractivity contribution in [3.05, 3.63) is 100 Å². The summed E-state index contributed by atoms with van der Waals surface area (Å²) in [6.07, 6.45) is 11.2. The third kappa shape index (κ3) is 4.54. The highest BCUT2D eigenvalue weighted by atomic mass is 16.4. The summed E-state index contributed by atoms with van der Waals surface area (Å²) in [5.41, 5.74) is 2.88. The average molecular weight is 397 g/mol. The smallest absolute Gasteiger partial charge is 0.336 e. The van der Waals surface area contributed by atoms with Crippen molar-refractivity contribution < 1.29 is 4.42 Å². The Morgan fingerprint density at radius 3 is 2.53 bits per heavy atom. The molecule has 0 saturated heterocycles. The fourth-order valence-electron chi connectivity index (χ4n) is 4.20. The summed E-state index contributed by atoms with van der Waals surface area (Å²) in [6.45, 7) is 2.10. The topological polar surface area (TPSA) is 30.2 Å². The van der Waals surface area contributed by atoms with E-state index in [1.807, 2.05) is 12.2 Å². The van der Waals surface area contributed by atoms with E-state index in [2.05, 4.69) is 55.5 Å². The van der Waals surface area contributed by atoms with Gasteiger partial charge in [0.1, 0.15) is 5.76 Å². The van der Waals surface area contributed by atoms with Crippen molar-refractivity contribution in [2.45, 2.75) is 45.4 Å². The molecule has 0 spiro atoms. The van der Waals surface area contributed by atoms with Crippen LogP contribution in [0.4, 0.5) is 0 Å². The van der Waals surface area contributed by atoms with Crippen molar-refractivity contribution >= 4 is 27.6 Å². The van der Waals surface area contributed by atoms with Gasteiger partial charge in [-0.05, 0) is 76.9 Å². The number of allylic oxidation sites excluding steroid dienone is 1. The van der Waals surface area contributed by atoms with Crippen LogP contribution in [0.1, 0.15) is 49.5 Å². The molecule has 0 amide bonds. The second-order valence-corrected chi connectivity index (χ2v) is 7.83. The maximum atomic E-state index is 10.7. The van der Waals surface area contributed by atoms with Gasteiger partial charge in [-0.2, -0.15) is 0 Å². The summed E-state index contributed by atoms with van der Waals surface area (Å²) in [4.78, 5) is 10.7. The van der Waals surface area contributed by atoms with Crippen molar-refractivity contribution in [2.24, 2.45) is 0 Å². The van der Waals surface area contributed by atoms with E-state index in [1.165, 1.54) is 53.3 Å². The van der Waals surface area contributed by atoms with Crippen LogP contribution in [-0.4, -0.2) is 0 Å². The molecule has 1 aliphatic carbocycles. The Hall–Kier alpha value is -3.13. The Bertz CT molecular complexity index is 1230. The van der Waals surface area contributed by atoms with Gasteiger partial charge in [0.05, 0.1) is 0 Å². The van der Waals surface area contributed by atoms with Gasteiger partial charge in [-0.3, -0.25) is 0 Å². The van der Waals surface area contributed by atoms with E-state index in [0.29, 0.717) is 5.76 Å². The molecule has 0 fully saturated rings. The normalized spacial score (nSPS) is 13.2. The van der Waals surface area contributed by atoms with Crippen LogP contribution >= 0.6 is 0 Å². The minimum absolute atomic E-state index is 0.298. The summed E-state index contributed by atoms with van der Waals surface area (Å²) in [5.74, 6) is 0.621. The molecule has 4 aromatic rings. The Morgan fingerprint density at radius 1 is 0.833 bits per heavy atom. The van der Waals surface area contributed by atoms with E-state index < -0.39 is 0 Å². The Kier molecular flexibility index (Phi) is 6.44. The molecule has 1 aliphatic rings. The molecular weight excluding hydrogens is 368 g/mol. The molecule has 0 atom stereocenters. The molecule has 0 bridgehead atoms. The molecule has 30 heavy (non-hydrogen) atoms. The number of hydrogen-bond acceptors (Lipinski definition) is 2. The van der Waals surface area contributed by atoms with Gasteiger partial charge in [0.2, 0.25) is 0 Å². The molecular formula is C28H28O2. The van der Waals surface area contributed by atoms with Gasteiger partial charge in [0, 0.05) is 6.07 Å². The molecule has 5 rings (SSSR count). The number of hydrogen-bond donors (Lipinski definition) is 0. The Labute approximate surface area is 177 Å². The first-order valence-corrected chi connectivity index (χ1v) is 10.9. The zero-order chi connectivity index (χ0) is 20.8. The largest absolute Gasteiger partial charge is 0.423 e. The highest BCUT2D eigenvalue weighted by molar-refractivity contribution is 6.08. The first kappa shape index (κ1) is 20.2. The molecule has 0 saturated carbocycles. The summed E-state index contributed by atoms with van der Waals surface area (Å²) in [5, 5.41) is 5.64. The third-order valence-electron chi connectivity index (χ3n) is 5.71. The molecule has 1 aromatic heterocycles. The molecule has 2 heteroatoms. The lowest BCUT2D eigenvalue weighted by molar-refractivity contribution is 0.501. The number of rotatable bonds is 3. The standard InChI is InChI=1S/C18H16.C10H12O2/c1-3-7-15-13(5-1)9-11-18-16-8-4-2-6-14(16)10-12-17(15)18;1-2-3-4-6-9-7-5-8-10(11)12-9/h1,3,5,7,9-12H,2,4,6,8H2;4-8H,2-3H2,1H3/b;6-4-. The molecule has 0 radical (unpaired) electrons. The molecule has 1 heterocycles. The van der Waals surface area contributed by atoms with Crippen LogP contribution in [0.3, 0.4) is 0 Å². The molecule has 152 valence electrons. The van der Waals surface area contributed by atoms with Gasteiger partial charge in [-0.1, -0.05) is 74.0 Å². The van der Waals surface area contributed by atoms with Crippen molar-refractivity contribution in [1.29, 1.82) is 0 Å². The number of unbranched alkanes of at least 4 members (excludes halogenated alkanes) is 1. The molecule has 3 aromatic carbocycles. The predicted molar refractivity (Wildman–Crippen MR) is 127 cm³/mol.